The summed E-state index contributed by atoms with van der Waals surface area (Å²) in [6.07, 6.45) is 1.48. The number of para-hydroxylation sites is 1. The highest BCUT2D eigenvalue weighted by Crippen LogP contribution is 2.20. The van der Waals surface area contributed by atoms with Gasteiger partial charge in [0.05, 0.1) is 24.6 Å². The van der Waals surface area contributed by atoms with E-state index >= 15 is 0 Å². The van der Waals surface area contributed by atoms with E-state index in [0.29, 0.717) is 18.3 Å². The Kier molecular flexibility index (Phi) is 5.78. The molecule has 0 saturated heterocycles. The van der Waals surface area contributed by atoms with Crippen LogP contribution in [0.15, 0.2) is 54.7 Å². The van der Waals surface area contributed by atoms with Gasteiger partial charge >= 0.3 is 0 Å². The summed E-state index contributed by atoms with van der Waals surface area (Å²) >= 11 is 0. The fraction of sp³-hybridized carbons (Fsp3) is 0.100. The van der Waals surface area contributed by atoms with Gasteiger partial charge in [-0.15, -0.1) is 0 Å². The first-order valence-electron chi connectivity index (χ1n) is 8.26. The molecule has 3 aromatic rings. The van der Waals surface area contributed by atoms with E-state index in [0.717, 1.165) is 17.4 Å². The summed E-state index contributed by atoms with van der Waals surface area (Å²) < 4.78 is 45.2. The molecule has 2 aromatic carbocycles. The van der Waals surface area contributed by atoms with E-state index in [1.807, 2.05) is 24.3 Å². The Morgan fingerprint density at radius 1 is 1.04 bits per heavy atom. The summed E-state index contributed by atoms with van der Waals surface area (Å²) in [5.74, 6) is -4.65. The lowest BCUT2D eigenvalue weighted by Gasteiger charge is -2.11. The minimum Gasteiger partial charge on any atom is -0.496 e. The van der Waals surface area contributed by atoms with Crippen LogP contribution in [0.5, 0.6) is 5.75 Å². The van der Waals surface area contributed by atoms with Gasteiger partial charge in [0.2, 0.25) is 0 Å². The van der Waals surface area contributed by atoms with Gasteiger partial charge in [-0.1, -0.05) is 18.2 Å². The smallest absolute Gasteiger partial charge is 0.259 e. The molecule has 0 aliphatic heterocycles. The Bertz CT molecular complexity index is 994. The molecular weight excluding hydrogens is 371 g/mol. The van der Waals surface area contributed by atoms with Crippen molar-refractivity contribution in [3.05, 3.63) is 83.3 Å². The minimum absolute atomic E-state index is 0.136. The lowest BCUT2D eigenvalue weighted by atomic mass is 10.2. The molecule has 3 rings (SSSR count). The Labute approximate surface area is 159 Å². The van der Waals surface area contributed by atoms with Crippen LogP contribution in [0.4, 0.5) is 24.7 Å². The average Bonchev–Trinajstić information content (AvgIpc) is 2.71. The second-order valence-electron chi connectivity index (χ2n) is 5.77. The maximum atomic E-state index is 13.7. The summed E-state index contributed by atoms with van der Waals surface area (Å²) in [6.45, 7) is 0.497. The fourth-order valence-electron chi connectivity index (χ4n) is 2.50. The van der Waals surface area contributed by atoms with Gasteiger partial charge in [-0.2, -0.15) is 0 Å². The van der Waals surface area contributed by atoms with Crippen molar-refractivity contribution in [3.8, 4) is 5.75 Å². The van der Waals surface area contributed by atoms with Gasteiger partial charge < -0.3 is 15.4 Å². The van der Waals surface area contributed by atoms with Crippen LogP contribution < -0.4 is 15.4 Å². The first-order valence-corrected chi connectivity index (χ1v) is 8.26. The third kappa shape index (κ3) is 4.22. The molecule has 5 nitrogen and oxygen atoms in total. The monoisotopic (exact) mass is 387 g/mol. The third-order valence-electron chi connectivity index (χ3n) is 3.96. The summed E-state index contributed by atoms with van der Waals surface area (Å²) in [5.41, 5.74) is 1.03. The number of hydrogen-bond donors (Lipinski definition) is 2. The van der Waals surface area contributed by atoms with E-state index in [-0.39, 0.29) is 5.82 Å². The lowest BCUT2D eigenvalue weighted by molar-refractivity contribution is 0.102. The highest BCUT2D eigenvalue weighted by Gasteiger charge is 2.19. The Morgan fingerprint density at radius 2 is 1.82 bits per heavy atom. The second-order valence-corrected chi connectivity index (χ2v) is 5.77. The molecule has 0 aliphatic carbocycles. The molecule has 2 N–H and O–H groups in total. The Hall–Kier alpha value is -3.55. The van der Waals surface area contributed by atoms with Gasteiger partial charge in [-0.25, -0.2) is 18.2 Å². The number of amides is 1. The van der Waals surface area contributed by atoms with Crippen LogP contribution in [0.2, 0.25) is 0 Å². The number of nitrogens with one attached hydrogen (secondary N) is 2. The molecule has 0 spiro atoms. The molecule has 0 bridgehead atoms. The van der Waals surface area contributed by atoms with Gasteiger partial charge in [-0.3, -0.25) is 4.79 Å². The predicted octanol–water partition coefficient (Wildman–Crippen LogP) is 4.37. The van der Waals surface area contributed by atoms with Gasteiger partial charge in [-0.05, 0) is 30.3 Å². The van der Waals surface area contributed by atoms with Gasteiger partial charge in [0.1, 0.15) is 11.6 Å². The zero-order chi connectivity index (χ0) is 20.1. The van der Waals surface area contributed by atoms with Crippen molar-refractivity contribution in [2.45, 2.75) is 6.54 Å². The maximum absolute atomic E-state index is 13.7. The van der Waals surface area contributed by atoms with Crippen molar-refractivity contribution in [1.29, 1.82) is 0 Å². The summed E-state index contributed by atoms with van der Waals surface area (Å²) in [7, 11) is 1.59. The molecule has 0 unspecified atom stereocenters. The van der Waals surface area contributed by atoms with Gasteiger partial charge in [0.15, 0.2) is 17.5 Å². The van der Waals surface area contributed by atoms with Crippen LogP contribution in [0.25, 0.3) is 0 Å². The molecule has 1 aromatic heterocycles. The number of carbonyl (C=O) groups excluding carboxylic acids is 1. The lowest BCUT2D eigenvalue weighted by Crippen LogP contribution is -2.16. The number of hydrogen-bond acceptors (Lipinski definition) is 4. The molecule has 0 saturated carbocycles. The van der Waals surface area contributed by atoms with Crippen LogP contribution in [0.3, 0.4) is 0 Å². The third-order valence-corrected chi connectivity index (χ3v) is 3.96. The number of carbonyl (C=O) groups is 1. The molecule has 28 heavy (non-hydrogen) atoms. The van der Waals surface area contributed by atoms with Crippen molar-refractivity contribution in [2.24, 2.45) is 0 Å². The largest absolute Gasteiger partial charge is 0.496 e. The number of benzene rings is 2. The van der Waals surface area contributed by atoms with E-state index < -0.39 is 28.9 Å². The van der Waals surface area contributed by atoms with Crippen LogP contribution in [-0.4, -0.2) is 18.0 Å². The SMILES string of the molecule is COc1ccccc1CNc1ccc(NC(=O)c2ccc(F)c(F)c2F)nc1. The van der Waals surface area contributed by atoms with E-state index in [1.165, 1.54) is 12.3 Å². The Balaban J connectivity index is 1.64. The van der Waals surface area contributed by atoms with Gasteiger partial charge in [0.25, 0.3) is 5.91 Å². The Morgan fingerprint density at radius 3 is 2.54 bits per heavy atom. The minimum atomic E-state index is -1.70. The number of anilines is 2. The van der Waals surface area contributed by atoms with E-state index in [1.54, 1.807) is 13.2 Å². The van der Waals surface area contributed by atoms with Crippen molar-refractivity contribution in [3.63, 3.8) is 0 Å². The van der Waals surface area contributed by atoms with Crippen LogP contribution >= 0.6 is 0 Å². The van der Waals surface area contributed by atoms with Crippen LogP contribution in [-0.2, 0) is 6.54 Å². The number of nitrogens with zero attached hydrogens (tertiary/aromatic N) is 1. The van der Waals surface area contributed by atoms with Crippen molar-refractivity contribution in [1.82, 2.24) is 4.98 Å². The maximum Gasteiger partial charge on any atom is 0.259 e. The first-order chi connectivity index (χ1) is 13.5. The average molecular weight is 387 g/mol. The topological polar surface area (TPSA) is 63.2 Å². The highest BCUT2D eigenvalue weighted by atomic mass is 19.2. The van der Waals surface area contributed by atoms with Gasteiger partial charge in [0, 0.05) is 12.1 Å². The van der Waals surface area contributed by atoms with Crippen LogP contribution in [0, 0.1) is 17.5 Å². The summed E-state index contributed by atoms with van der Waals surface area (Å²) in [5, 5.41) is 5.50. The zero-order valence-electron chi connectivity index (χ0n) is 14.8. The number of rotatable bonds is 6. The number of aromatic nitrogens is 1. The van der Waals surface area contributed by atoms with E-state index in [4.69, 9.17) is 4.74 Å². The van der Waals surface area contributed by atoms with E-state index in [9.17, 15) is 18.0 Å². The normalized spacial score (nSPS) is 10.4. The van der Waals surface area contributed by atoms with Crippen molar-refractivity contribution >= 4 is 17.4 Å². The second kappa shape index (κ2) is 8.43. The van der Waals surface area contributed by atoms with E-state index in [2.05, 4.69) is 15.6 Å². The number of ether oxygens (including phenoxy) is 1. The van der Waals surface area contributed by atoms with Crippen LogP contribution in [0.1, 0.15) is 15.9 Å². The summed E-state index contributed by atoms with van der Waals surface area (Å²) in [6, 6.07) is 12.3. The zero-order valence-corrected chi connectivity index (χ0v) is 14.8. The summed E-state index contributed by atoms with van der Waals surface area (Å²) in [4.78, 5) is 16.1. The predicted molar refractivity (Wildman–Crippen MR) is 98.8 cm³/mol. The molecule has 1 heterocycles. The molecule has 1 amide bonds. The molecule has 0 radical (unpaired) electrons. The molecule has 0 fully saturated rings. The standard InChI is InChI=1S/C20H16F3N3O2/c1-28-16-5-3-2-4-12(16)10-24-13-6-9-17(25-11-13)26-20(27)14-7-8-15(21)19(23)18(14)22/h2-9,11,24H,10H2,1H3,(H,25,26,27). The highest BCUT2D eigenvalue weighted by molar-refractivity contribution is 6.04. The molecule has 8 heteroatoms. The number of methoxy groups -OCH3 is 1. The molecular formula is C20H16F3N3O2. The number of pyridine rings is 1. The van der Waals surface area contributed by atoms with Crippen molar-refractivity contribution in [2.75, 3.05) is 17.7 Å². The van der Waals surface area contributed by atoms with Crippen molar-refractivity contribution < 1.29 is 22.7 Å². The molecule has 0 aliphatic rings. The molecule has 144 valence electrons. The quantitative estimate of drug-likeness (QED) is 0.617. The number of halogens is 3. The fourth-order valence-corrected chi connectivity index (χ4v) is 2.50. The molecule has 0 atom stereocenters. The first kappa shape index (κ1) is 19.2.